The molecule has 0 heterocycles. The second kappa shape index (κ2) is 5.92. The minimum Gasteiger partial charge on any atom is -0.0876 e. The Morgan fingerprint density at radius 2 is 1.36 bits per heavy atom. The molecular weight excluding hydrogens is 304 g/mol. The number of halogens is 2. The van der Waals surface area contributed by atoms with E-state index in [1.807, 2.05) is 0 Å². The summed E-state index contributed by atoms with van der Waals surface area (Å²) in [5.41, 5.74) is 4.20. The summed E-state index contributed by atoms with van der Waals surface area (Å²) in [5.74, 6) is 0.726. The maximum Gasteiger partial charge on any atom is 0.0283 e. The SMILES string of the molecule is CC(C)Cc1cc(CBr)cc(CBr)c1. The second-order valence-corrected chi connectivity index (χ2v) is 5.14. The van der Waals surface area contributed by atoms with Crippen molar-refractivity contribution in [1.82, 2.24) is 0 Å². The highest BCUT2D eigenvalue weighted by Gasteiger charge is 2.02. The van der Waals surface area contributed by atoms with Crippen LogP contribution in [0.3, 0.4) is 0 Å². The van der Waals surface area contributed by atoms with Crippen LogP contribution in [0.4, 0.5) is 0 Å². The number of hydrogen-bond acceptors (Lipinski definition) is 0. The maximum absolute atomic E-state index is 3.51. The van der Waals surface area contributed by atoms with Gasteiger partial charge in [0, 0.05) is 10.7 Å². The summed E-state index contributed by atoms with van der Waals surface area (Å²) >= 11 is 7.01. The van der Waals surface area contributed by atoms with Gasteiger partial charge in [-0.15, -0.1) is 0 Å². The Bertz CT molecular complexity index is 270. The standard InChI is InChI=1S/C12H16Br2/c1-9(2)3-10-4-11(7-13)6-12(5-10)8-14/h4-6,9H,3,7-8H2,1-2H3. The summed E-state index contributed by atoms with van der Waals surface area (Å²) in [4.78, 5) is 0. The highest BCUT2D eigenvalue weighted by atomic mass is 79.9. The predicted molar refractivity (Wildman–Crippen MR) is 70.2 cm³/mol. The monoisotopic (exact) mass is 318 g/mol. The molecule has 2 heteroatoms. The predicted octanol–water partition coefficient (Wildman–Crippen LogP) is 4.67. The molecule has 14 heavy (non-hydrogen) atoms. The van der Waals surface area contributed by atoms with Gasteiger partial charge in [0.15, 0.2) is 0 Å². The van der Waals surface area contributed by atoms with Gasteiger partial charge in [0.25, 0.3) is 0 Å². The van der Waals surface area contributed by atoms with E-state index >= 15 is 0 Å². The van der Waals surface area contributed by atoms with E-state index in [4.69, 9.17) is 0 Å². The number of benzene rings is 1. The van der Waals surface area contributed by atoms with E-state index in [0.29, 0.717) is 0 Å². The lowest BCUT2D eigenvalue weighted by atomic mass is 9.99. The van der Waals surface area contributed by atoms with Crippen molar-refractivity contribution in [2.75, 3.05) is 0 Å². The molecule has 0 fully saturated rings. The summed E-state index contributed by atoms with van der Waals surface area (Å²) in [6.45, 7) is 4.52. The van der Waals surface area contributed by atoms with Crippen LogP contribution in [-0.2, 0) is 17.1 Å². The van der Waals surface area contributed by atoms with Crippen molar-refractivity contribution in [2.24, 2.45) is 5.92 Å². The Hall–Kier alpha value is 0.180. The molecule has 0 aromatic heterocycles. The molecule has 0 saturated heterocycles. The normalized spacial score (nSPS) is 10.9. The van der Waals surface area contributed by atoms with Crippen molar-refractivity contribution >= 4 is 31.9 Å². The van der Waals surface area contributed by atoms with Crippen LogP contribution in [0.15, 0.2) is 18.2 Å². The number of rotatable bonds is 4. The van der Waals surface area contributed by atoms with Gasteiger partial charge in [0.05, 0.1) is 0 Å². The fourth-order valence-corrected chi connectivity index (χ4v) is 2.23. The summed E-state index contributed by atoms with van der Waals surface area (Å²) in [6.07, 6.45) is 1.17. The average molecular weight is 320 g/mol. The van der Waals surface area contributed by atoms with Crippen LogP contribution < -0.4 is 0 Å². The summed E-state index contributed by atoms with van der Waals surface area (Å²) in [5, 5.41) is 1.89. The van der Waals surface area contributed by atoms with Crippen LogP contribution in [0, 0.1) is 5.92 Å². The van der Waals surface area contributed by atoms with Crippen LogP contribution in [0.2, 0.25) is 0 Å². The zero-order valence-corrected chi connectivity index (χ0v) is 11.9. The second-order valence-electron chi connectivity index (χ2n) is 4.02. The first-order valence-electron chi connectivity index (χ1n) is 4.89. The minimum absolute atomic E-state index is 0.726. The number of hydrogen-bond donors (Lipinski definition) is 0. The largest absolute Gasteiger partial charge is 0.0876 e. The summed E-state index contributed by atoms with van der Waals surface area (Å²) in [7, 11) is 0. The van der Waals surface area contributed by atoms with Crippen molar-refractivity contribution in [3.63, 3.8) is 0 Å². The molecule has 1 aromatic carbocycles. The molecule has 0 aliphatic rings. The van der Waals surface area contributed by atoms with Gasteiger partial charge in [0.2, 0.25) is 0 Å². The van der Waals surface area contributed by atoms with Crippen molar-refractivity contribution < 1.29 is 0 Å². The van der Waals surface area contributed by atoms with Crippen molar-refractivity contribution in [1.29, 1.82) is 0 Å². The van der Waals surface area contributed by atoms with Gasteiger partial charge in [-0.1, -0.05) is 63.9 Å². The zero-order valence-electron chi connectivity index (χ0n) is 8.69. The van der Waals surface area contributed by atoms with Crippen LogP contribution in [0.5, 0.6) is 0 Å². The van der Waals surface area contributed by atoms with Gasteiger partial charge in [-0.25, -0.2) is 0 Å². The average Bonchev–Trinajstić information content (AvgIpc) is 2.16. The highest BCUT2D eigenvalue weighted by molar-refractivity contribution is 9.08. The van der Waals surface area contributed by atoms with E-state index in [9.17, 15) is 0 Å². The van der Waals surface area contributed by atoms with Gasteiger partial charge < -0.3 is 0 Å². The molecule has 0 N–H and O–H groups in total. The summed E-state index contributed by atoms with van der Waals surface area (Å²) in [6, 6.07) is 6.83. The maximum atomic E-state index is 3.51. The molecule has 0 bridgehead atoms. The van der Waals surface area contributed by atoms with Crippen molar-refractivity contribution in [3.05, 3.63) is 34.9 Å². The van der Waals surface area contributed by atoms with Crippen LogP contribution >= 0.6 is 31.9 Å². The van der Waals surface area contributed by atoms with E-state index in [1.165, 1.54) is 23.1 Å². The molecule has 0 spiro atoms. The lowest BCUT2D eigenvalue weighted by Gasteiger charge is -2.08. The van der Waals surface area contributed by atoms with Crippen molar-refractivity contribution in [3.8, 4) is 0 Å². The Balaban J connectivity index is 2.92. The molecule has 1 rings (SSSR count). The molecule has 0 aliphatic carbocycles. The minimum atomic E-state index is 0.726. The first-order chi connectivity index (χ1) is 6.65. The van der Waals surface area contributed by atoms with E-state index < -0.39 is 0 Å². The molecule has 0 saturated carbocycles. The molecule has 0 amide bonds. The first kappa shape index (κ1) is 12.3. The van der Waals surface area contributed by atoms with Gasteiger partial charge in [-0.2, -0.15) is 0 Å². The van der Waals surface area contributed by atoms with Crippen LogP contribution in [0.1, 0.15) is 30.5 Å². The van der Waals surface area contributed by atoms with Gasteiger partial charge in [-0.3, -0.25) is 0 Å². The third kappa shape index (κ3) is 3.74. The fraction of sp³-hybridized carbons (Fsp3) is 0.500. The molecule has 0 atom stereocenters. The molecule has 1 aromatic rings. The van der Waals surface area contributed by atoms with Gasteiger partial charge in [0.1, 0.15) is 0 Å². The molecule has 0 nitrogen and oxygen atoms in total. The van der Waals surface area contributed by atoms with Crippen LogP contribution in [-0.4, -0.2) is 0 Å². The molecule has 0 aliphatic heterocycles. The zero-order chi connectivity index (χ0) is 10.6. The molecule has 78 valence electrons. The van der Waals surface area contributed by atoms with Crippen LogP contribution in [0.25, 0.3) is 0 Å². The molecule has 0 radical (unpaired) electrons. The highest BCUT2D eigenvalue weighted by Crippen LogP contribution is 2.18. The Kier molecular flexibility index (Phi) is 5.18. The lowest BCUT2D eigenvalue weighted by molar-refractivity contribution is 0.646. The van der Waals surface area contributed by atoms with Crippen molar-refractivity contribution in [2.45, 2.75) is 30.9 Å². The Morgan fingerprint density at radius 1 is 0.929 bits per heavy atom. The molecular formula is C12H16Br2. The Labute approximate surface area is 103 Å². The smallest absolute Gasteiger partial charge is 0.0283 e. The quantitative estimate of drug-likeness (QED) is 0.707. The van der Waals surface area contributed by atoms with Gasteiger partial charge in [-0.05, 0) is 29.0 Å². The molecule has 0 unspecified atom stereocenters. The van der Waals surface area contributed by atoms with E-state index in [1.54, 1.807) is 0 Å². The Morgan fingerprint density at radius 3 is 1.71 bits per heavy atom. The lowest BCUT2D eigenvalue weighted by Crippen LogP contribution is -1.96. The topological polar surface area (TPSA) is 0 Å². The van der Waals surface area contributed by atoms with Gasteiger partial charge >= 0.3 is 0 Å². The first-order valence-corrected chi connectivity index (χ1v) is 7.13. The summed E-state index contributed by atoms with van der Waals surface area (Å²) < 4.78 is 0. The van der Waals surface area contributed by atoms with E-state index in [2.05, 4.69) is 63.9 Å². The van der Waals surface area contributed by atoms with E-state index in [0.717, 1.165) is 16.6 Å². The van der Waals surface area contributed by atoms with E-state index in [-0.39, 0.29) is 0 Å². The third-order valence-electron chi connectivity index (χ3n) is 2.06. The number of alkyl halides is 2. The fourth-order valence-electron chi connectivity index (χ4n) is 1.58. The third-order valence-corrected chi connectivity index (χ3v) is 3.36.